The van der Waals surface area contributed by atoms with Crippen LogP contribution in [0.3, 0.4) is 0 Å². The van der Waals surface area contributed by atoms with Crippen molar-refractivity contribution < 1.29 is 5.11 Å². The van der Waals surface area contributed by atoms with E-state index >= 15 is 0 Å². The van der Waals surface area contributed by atoms with E-state index in [0.717, 1.165) is 42.3 Å². The number of aliphatic hydroxyl groups is 1. The molecular formula is C15H17ClN2O2. The van der Waals surface area contributed by atoms with Gasteiger partial charge in [0.15, 0.2) is 0 Å². The van der Waals surface area contributed by atoms with Crippen molar-refractivity contribution in [1.82, 2.24) is 9.55 Å². The number of fused-ring (bicyclic) bond motifs is 1. The fourth-order valence-electron chi connectivity index (χ4n) is 3.04. The van der Waals surface area contributed by atoms with E-state index in [-0.39, 0.29) is 17.8 Å². The van der Waals surface area contributed by atoms with Crippen LogP contribution in [0.15, 0.2) is 23.0 Å². The lowest BCUT2D eigenvalue weighted by Gasteiger charge is -2.28. The summed E-state index contributed by atoms with van der Waals surface area (Å²) in [6, 6.07) is 5.66. The van der Waals surface area contributed by atoms with Gasteiger partial charge in [-0.25, -0.2) is 4.79 Å². The predicted octanol–water partition coefficient (Wildman–Crippen LogP) is 2.83. The fourth-order valence-corrected chi connectivity index (χ4v) is 3.21. The first-order valence-electron chi connectivity index (χ1n) is 6.92. The van der Waals surface area contributed by atoms with Crippen LogP contribution in [0, 0.1) is 6.92 Å². The molecule has 4 nitrogen and oxygen atoms in total. The number of aliphatic hydroxyl groups excluding tert-OH is 1. The van der Waals surface area contributed by atoms with E-state index in [1.807, 2.05) is 25.1 Å². The Morgan fingerprint density at radius 3 is 2.70 bits per heavy atom. The van der Waals surface area contributed by atoms with Crippen LogP contribution >= 0.6 is 11.6 Å². The molecule has 0 unspecified atom stereocenters. The normalized spacial score (nSPS) is 23.1. The number of hydrogen-bond donors (Lipinski definition) is 1. The van der Waals surface area contributed by atoms with Crippen LogP contribution < -0.4 is 5.69 Å². The molecule has 0 saturated heterocycles. The van der Waals surface area contributed by atoms with Crippen molar-refractivity contribution in [3.05, 3.63) is 39.4 Å². The Labute approximate surface area is 122 Å². The molecule has 2 aromatic rings. The van der Waals surface area contributed by atoms with Crippen molar-refractivity contribution in [1.29, 1.82) is 0 Å². The lowest BCUT2D eigenvalue weighted by atomic mass is 9.92. The van der Waals surface area contributed by atoms with E-state index < -0.39 is 0 Å². The van der Waals surface area contributed by atoms with Crippen LogP contribution in [-0.2, 0) is 0 Å². The summed E-state index contributed by atoms with van der Waals surface area (Å²) in [5, 5.41) is 11.2. The summed E-state index contributed by atoms with van der Waals surface area (Å²) in [5.41, 5.74) is 1.35. The summed E-state index contributed by atoms with van der Waals surface area (Å²) in [6.07, 6.45) is 2.82. The van der Waals surface area contributed by atoms with Gasteiger partial charge < -0.3 is 5.11 Å². The molecule has 0 radical (unpaired) electrons. The maximum Gasteiger partial charge on any atom is 0.348 e. The standard InChI is InChI=1S/C15H17ClN2O2/c1-9-13-7-2-10(16)8-14(13)18(15(20)17-9)11-3-5-12(19)6-4-11/h2,7-8,11-12,19H,3-6H2,1H3. The molecule has 1 aromatic carbocycles. The molecule has 1 heterocycles. The summed E-state index contributed by atoms with van der Waals surface area (Å²) < 4.78 is 1.75. The minimum atomic E-state index is -0.241. The molecule has 5 heteroatoms. The van der Waals surface area contributed by atoms with Crippen LogP contribution in [0.25, 0.3) is 10.9 Å². The Bertz CT molecular complexity index is 703. The first-order chi connectivity index (χ1) is 9.56. The van der Waals surface area contributed by atoms with E-state index in [4.69, 9.17) is 11.6 Å². The van der Waals surface area contributed by atoms with Gasteiger partial charge >= 0.3 is 5.69 Å². The number of benzene rings is 1. The maximum atomic E-state index is 12.3. The van der Waals surface area contributed by atoms with Gasteiger partial charge in [-0.2, -0.15) is 4.98 Å². The molecule has 0 amide bonds. The molecule has 1 fully saturated rings. The molecule has 1 aliphatic carbocycles. The largest absolute Gasteiger partial charge is 0.393 e. The maximum absolute atomic E-state index is 12.3. The lowest BCUT2D eigenvalue weighted by Crippen LogP contribution is -2.31. The van der Waals surface area contributed by atoms with Gasteiger partial charge in [0.2, 0.25) is 0 Å². The Balaban J connectivity index is 2.19. The van der Waals surface area contributed by atoms with Crippen LogP contribution in [0.4, 0.5) is 0 Å². The summed E-state index contributed by atoms with van der Waals surface area (Å²) in [6.45, 7) is 1.84. The van der Waals surface area contributed by atoms with Gasteiger partial charge in [-0.05, 0) is 50.8 Å². The second kappa shape index (κ2) is 5.19. The van der Waals surface area contributed by atoms with Crippen LogP contribution in [0.1, 0.15) is 37.4 Å². The highest BCUT2D eigenvalue weighted by Gasteiger charge is 2.23. The summed E-state index contributed by atoms with van der Waals surface area (Å²) >= 11 is 6.08. The number of halogens is 1. The number of aromatic nitrogens is 2. The van der Waals surface area contributed by atoms with Crippen molar-refractivity contribution in [3.63, 3.8) is 0 Å². The molecule has 1 N–H and O–H groups in total. The van der Waals surface area contributed by atoms with Crippen LogP contribution in [-0.4, -0.2) is 20.8 Å². The van der Waals surface area contributed by atoms with E-state index in [0.29, 0.717) is 5.02 Å². The number of hydrogen-bond acceptors (Lipinski definition) is 3. The summed E-state index contributed by atoms with van der Waals surface area (Å²) in [5.74, 6) is 0. The van der Waals surface area contributed by atoms with E-state index in [9.17, 15) is 9.90 Å². The fraction of sp³-hybridized carbons (Fsp3) is 0.467. The topological polar surface area (TPSA) is 55.1 Å². The van der Waals surface area contributed by atoms with Crippen molar-refractivity contribution >= 4 is 22.5 Å². The Kier molecular flexibility index (Phi) is 3.52. The zero-order valence-corrected chi connectivity index (χ0v) is 12.1. The highest BCUT2D eigenvalue weighted by atomic mass is 35.5. The average molecular weight is 293 g/mol. The smallest absolute Gasteiger partial charge is 0.348 e. The zero-order chi connectivity index (χ0) is 14.3. The third kappa shape index (κ3) is 2.34. The molecule has 3 rings (SSSR count). The van der Waals surface area contributed by atoms with E-state index in [1.165, 1.54) is 0 Å². The quantitative estimate of drug-likeness (QED) is 0.879. The third-order valence-electron chi connectivity index (χ3n) is 4.11. The van der Waals surface area contributed by atoms with E-state index in [2.05, 4.69) is 4.98 Å². The number of nitrogens with zero attached hydrogens (tertiary/aromatic N) is 2. The van der Waals surface area contributed by atoms with E-state index in [1.54, 1.807) is 4.57 Å². The third-order valence-corrected chi connectivity index (χ3v) is 4.35. The summed E-state index contributed by atoms with van der Waals surface area (Å²) in [4.78, 5) is 16.4. The first-order valence-corrected chi connectivity index (χ1v) is 7.30. The highest BCUT2D eigenvalue weighted by molar-refractivity contribution is 6.31. The molecule has 1 saturated carbocycles. The first kappa shape index (κ1) is 13.6. The Morgan fingerprint density at radius 2 is 2.00 bits per heavy atom. The number of rotatable bonds is 1. The SMILES string of the molecule is Cc1nc(=O)n(C2CCC(O)CC2)c2cc(Cl)ccc12. The molecule has 1 aromatic heterocycles. The van der Waals surface area contributed by atoms with Gasteiger partial charge in [-0.1, -0.05) is 11.6 Å². The molecule has 0 atom stereocenters. The molecular weight excluding hydrogens is 276 g/mol. The van der Waals surface area contributed by atoms with Crippen molar-refractivity contribution in [2.24, 2.45) is 0 Å². The lowest BCUT2D eigenvalue weighted by molar-refractivity contribution is 0.110. The molecule has 0 bridgehead atoms. The molecule has 0 aliphatic heterocycles. The second-order valence-electron chi connectivity index (χ2n) is 5.47. The second-order valence-corrected chi connectivity index (χ2v) is 5.91. The van der Waals surface area contributed by atoms with Gasteiger partial charge in [-0.3, -0.25) is 4.57 Å². The van der Waals surface area contributed by atoms with Crippen molar-refractivity contribution in [2.45, 2.75) is 44.8 Å². The van der Waals surface area contributed by atoms with Gasteiger partial charge in [0.25, 0.3) is 0 Å². The van der Waals surface area contributed by atoms with Gasteiger partial charge in [-0.15, -0.1) is 0 Å². The van der Waals surface area contributed by atoms with Gasteiger partial charge in [0, 0.05) is 16.5 Å². The number of aryl methyl sites for hydroxylation is 1. The molecule has 20 heavy (non-hydrogen) atoms. The predicted molar refractivity (Wildman–Crippen MR) is 79.3 cm³/mol. The van der Waals surface area contributed by atoms with Gasteiger partial charge in [0.05, 0.1) is 17.3 Å². The highest BCUT2D eigenvalue weighted by Crippen LogP contribution is 2.30. The van der Waals surface area contributed by atoms with Crippen LogP contribution in [0.5, 0.6) is 0 Å². The average Bonchev–Trinajstić information content (AvgIpc) is 2.40. The monoisotopic (exact) mass is 292 g/mol. The van der Waals surface area contributed by atoms with Crippen molar-refractivity contribution in [2.75, 3.05) is 0 Å². The Morgan fingerprint density at radius 1 is 1.30 bits per heavy atom. The minimum Gasteiger partial charge on any atom is -0.393 e. The molecule has 0 spiro atoms. The van der Waals surface area contributed by atoms with Crippen molar-refractivity contribution in [3.8, 4) is 0 Å². The molecule has 1 aliphatic rings. The van der Waals surface area contributed by atoms with Gasteiger partial charge in [0.1, 0.15) is 0 Å². The van der Waals surface area contributed by atoms with Crippen LogP contribution in [0.2, 0.25) is 5.02 Å². The minimum absolute atomic E-state index is 0.0972. The zero-order valence-electron chi connectivity index (χ0n) is 11.3. The summed E-state index contributed by atoms with van der Waals surface area (Å²) in [7, 11) is 0. The molecule has 106 valence electrons. The Hall–Kier alpha value is -1.39.